The van der Waals surface area contributed by atoms with Crippen LogP contribution in [0.4, 0.5) is 0 Å². The predicted molar refractivity (Wildman–Crippen MR) is 88.6 cm³/mol. The van der Waals surface area contributed by atoms with Crippen LogP contribution in [0.1, 0.15) is 37.3 Å². The fourth-order valence-corrected chi connectivity index (χ4v) is 3.13. The number of nitrogens with zero attached hydrogens (tertiary/aromatic N) is 1. The first-order valence-electron chi connectivity index (χ1n) is 8.17. The predicted octanol–water partition coefficient (Wildman–Crippen LogP) is 2.63. The number of nitrogens with one attached hydrogen (secondary N) is 1. The van der Waals surface area contributed by atoms with Crippen molar-refractivity contribution in [1.82, 2.24) is 10.2 Å². The van der Waals surface area contributed by atoms with Gasteiger partial charge in [0.25, 0.3) is 0 Å². The van der Waals surface area contributed by atoms with Gasteiger partial charge in [-0.25, -0.2) is 0 Å². The highest BCUT2D eigenvalue weighted by atomic mass is 16.7. The Balaban J connectivity index is 1.70. The molecule has 5 heteroatoms. The summed E-state index contributed by atoms with van der Waals surface area (Å²) in [5.41, 5.74) is 2.25. The van der Waals surface area contributed by atoms with Gasteiger partial charge in [-0.3, -0.25) is 9.69 Å². The number of likely N-dealkylation sites (N-methyl/N-ethyl adjacent to an activating group) is 1. The van der Waals surface area contributed by atoms with Crippen LogP contribution in [0.25, 0.3) is 0 Å². The van der Waals surface area contributed by atoms with Gasteiger partial charge in [-0.1, -0.05) is 17.7 Å². The van der Waals surface area contributed by atoms with Crippen LogP contribution in [0.3, 0.4) is 0 Å². The lowest BCUT2D eigenvalue weighted by Gasteiger charge is -2.24. The van der Waals surface area contributed by atoms with E-state index in [0.717, 1.165) is 24.2 Å². The highest BCUT2D eigenvalue weighted by molar-refractivity contribution is 5.83. The Morgan fingerprint density at radius 1 is 1.26 bits per heavy atom. The van der Waals surface area contributed by atoms with Gasteiger partial charge >= 0.3 is 0 Å². The molecule has 1 amide bonds. The number of allylic oxidation sites excluding steroid dienone is 1. The van der Waals surface area contributed by atoms with Gasteiger partial charge in [0.15, 0.2) is 11.5 Å². The van der Waals surface area contributed by atoms with Crippen LogP contribution in [0.5, 0.6) is 11.5 Å². The van der Waals surface area contributed by atoms with E-state index < -0.39 is 0 Å². The van der Waals surface area contributed by atoms with E-state index in [1.165, 1.54) is 18.4 Å². The first-order valence-corrected chi connectivity index (χ1v) is 8.17. The maximum absolute atomic E-state index is 12.7. The quantitative estimate of drug-likeness (QED) is 0.849. The topological polar surface area (TPSA) is 50.8 Å². The second-order valence-electron chi connectivity index (χ2n) is 6.30. The summed E-state index contributed by atoms with van der Waals surface area (Å²) in [4.78, 5) is 14.6. The number of ether oxygens (including phenoxy) is 2. The molecule has 0 fully saturated rings. The molecule has 3 rings (SSSR count). The van der Waals surface area contributed by atoms with Crippen LogP contribution >= 0.6 is 0 Å². The minimum absolute atomic E-state index is 0.0142. The van der Waals surface area contributed by atoms with Crippen LogP contribution in [0, 0.1) is 0 Å². The third-order valence-corrected chi connectivity index (χ3v) is 4.35. The van der Waals surface area contributed by atoms with Crippen molar-refractivity contribution in [2.45, 2.75) is 31.7 Å². The molecule has 5 nitrogen and oxygen atoms in total. The largest absolute Gasteiger partial charge is 0.454 e. The highest BCUT2D eigenvalue weighted by Crippen LogP contribution is 2.35. The number of fused-ring (bicyclic) bond motifs is 1. The van der Waals surface area contributed by atoms with Gasteiger partial charge in [0, 0.05) is 6.54 Å². The Kier molecular flexibility index (Phi) is 4.86. The molecule has 1 atom stereocenters. The molecule has 0 spiro atoms. The van der Waals surface area contributed by atoms with E-state index in [1.54, 1.807) is 0 Å². The molecule has 1 aromatic rings. The van der Waals surface area contributed by atoms with E-state index in [1.807, 2.05) is 37.2 Å². The van der Waals surface area contributed by atoms with E-state index in [4.69, 9.17) is 9.47 Å². The Bertz CT molecular complexity index is 610. The molecule has 1 unspecified atom stereocenters. The Morgan fingerprint density at radius 2 is 2.09 bits per heavy atom. The van der Waals surface area contributed by atoms with Gasteiger partial charge in [0.1, 0.15) is 6.04 Å². The van der Waals surface area contributed by atoms with Crippen molar-refractivity contribution in [3.8, 4) is 11.5 Å². The molecule has 1 heterocycles. The minimum atomic E-state index is -0.339. The van der Waals surface area contributed by atoms with Gasteiger partial charge in [-0.05, 0) is 57.5 Å². The van der Waals surface area contributed by atoms with E-state index in [0.29, 0.717) is 12.3 Å². The normalized spacial score (nSPS) is 17.8. The third kappa shape index (κ3) is 3.67. The molecule has 1 aromatic carbocycles. The lowest BCUT2D eigenvalue weighted by atomic mass is 9.99. The van der Waals surface area contributed by atoms with Crippen molar-refractivity contribution < 1.29 is 14.3 Å². The molecule has 124 valence electrons. The smallest absolute Gasteiger partial charge is 0.242 e. The molecule has 1 aliphatic heterocycles. The Hall–Kier alpha value is -2.01. The zero-order valence-electron chi connectivity index (χ0n) is 13.8. The van der Waals surface area contributed by atoms with E-state index in [-0.39, 0.29) is 18.7 Å². The summed E-state index contributed by atoms with van der Waals surface area (Å²) in [5, 5.41) is 3.08. The summed E-state index contributed by atoms with van der Waals surface area (Å²) < 4.78 is 10.8. The number of carbonyl (C=O) groups is 1. The monoisotopic (exact) mass is 316 g/mol. The molecule has 0 saturated heterocycles. The molecule has 1 N–H and O–H groups in total. The SMILES string of the molecule is CN(C)C(C(=O)NCC1=CCCCC1)c1ccc2c(c1)OCO2. The number of amides is 1. The first-order chi connectivity index (χ1) is 11.1. The molecule has 0 bridgehead atoms. The molecular formula is C18H24N2O3. The van der Waals surface area contributed by atoms with Gasteiger partial charge in [0.2, 0.25) is 12.7 Å². The van der Waals surface area contributed by atoms with E-state index >= 15 is 0 Å². The summed E-state index contributed by atoms with van der Waals surface area (Å²) in [6.07, 6.45) is 6.96. The Morgan fingerprint density at radius 3 is 2.83 bits per heavy atom. The summed E-state index contributed by atoms with van der Waals surface area (Å²) >= 11 is 0. The fraction of sp³-hybridized carbons (Fsp3) is 0.500. The van der Waals surface area contributed by atoms with E-state index in [9.17, 15) is 4.79 Å². The Labute approximate surface area is 137 Å². The number of hydrogen-bond acceptors (Lipinski definition) is 4. The summed E-state index contributed by atoms with van der Waals surface area (Å²) in [6.45, 7) is 0.888. The lowest BCUT2D eigenvalue weighted by molar-refractivity contribution is -0.125. The molecule has 0 radical (unpaired) electrons. The molecule has 1 aliphatic carbocycles. The molecular weight excluding hydrogens is 292 g/mol. The molecule has 2 aliphatic rings. The first kappa shape index (κ1) is 15.9. The van der Waals surface area contributed by atoms with Crippen molar-refractivity contribution >= 4 is 5.91 Å². The van der Waals surface area contributed by atoms with Gasteiger partial charge in [0.05, 0.1) is 0 Å². The fourth-order valence-electron chi connectivity index (χ4n) is 3.13. The zero-order valence-corrected chi connectivity index (χ0v) is 13.8. The van der Waals surface area contributed by atoms with Crippen LogP contribution in [-0.2, 0) is 4.79 Å². The maximum Gasteiger partial charge on any atom is 0.242 e. The van der Waals surface area contributed by atoms with Crippen molar-refractivity contribution in [2.24, 2.45) is 0 Å². The second kappa shape index (κ2) is 7.04. The van der Waals surface area contributed by atoms with Crippen LogP contribution in [0.2, 0.25) is 0 Å². The van der Waals surface area contributed by atoms with Crippen molar-refractivity contribution in [3.63, 3.8) is 0 Å². The van der Waals surface area contributed by atoms with Gasteiger partial charge in [-0.2, -0.15) is 0 Å². The standard InChI is InChI=1S/C18H24N2O3/c1-20(2)17(14-8-9-15-16(10-14)23-12-22-15)18(21)19-11-13-6-4-3-5-7-13/h6,8-10,17H,3-5,7,11-12H2,1-2H3,(H,19,21). The van der Waals surface area contributed by atoms with E-state index in [2.05, 4.69) is 11.4 Å². The van der Waals surface area contributed by atoms with Crippen LogP contribution in [0.15, 0.2) is 29.8 Å². The van der Waals surface area contributed by atoms with Gasteiger partial charge in [-0.15, -0.1) is 0 Å². The second-order valence-corrected chi connectivity index (χ2v) is 6.30. The summed E-state index contributed by atoms with van der Waals surface area (Å²) in [6, 6.07) is 5.35. The van der Waals surface area contributed by atoms with Crippen LogP contribution in [-0.4, -0.2) is 38.2 Å². The minimum Gasteiger partial charge on any atom is -0.454 e. The average molecular weight is 316 g/mol. The van der Waals surface area contributed by atoms with Crippen LogP contribution < -0.4 is 14.8 Å². The molecule has 23 heavy (non-hydrogen) atoms. The highest BCUT2D eigenvalue weighted by Gasteiger charge is 2.25. The third-order valence-electron chi connectivity index (χ3n) is 4.35. The van der Waals surface area contributed by atoms with Crippen molar-refractivity contribution in [1.29, 1.82) is 0 Å². The summed E-state index contributed by atoms with van der Waals surface area (Å²) in [7, 11) is 3.82. The number of carbonyl (C=O) groups excluding carboxylic acids is 1. The summed E-state index contributed by atoms with van der Waals surface area (Å²) in [5.74, 6) is 1.46. The molecule has 0 saturated carbocycles. The lowest BCUT2D eigenvalue weighted by Crippen LogP contribution is -2.38. The number of benzene rings is 1. The number of hydrogen-bond donors (Lipinski definition) is 1. The zero-order chi connectivity index (χ0) is 16.2. The van der Waals surface area contributed by atoms with Gasteiger partial charge < -0.3 is 14.8 Å². The molecule has 0 aromatic heterocycles. The van der Waals surface area contributed by atoms with Crippen molar-refractivity contribution in [3.05, 3.63) is 35.4 Å². The van der Waals surface area contributed by atoms with Crippen molar-refractivity contribution in [2.75, 3.05) is 27.4 Å². The average Bonchev–Trinajstić information content (AvgIpc) is 3.01. The maximum atomic E-state index is 12.7. The number of rotatable bonds is 5.